The number of carbonyl (C=O) groups excluding carboxylic acids is 3. The quantitative estimate of drug-likeness (QED) is 0.0433. The molecule has 20 unspecified atom stereocenters. The van der Waals surface area contributed by atoms with Crippen molar-refractivity contribution in [3.63, 3.8) is 0 Å². The molecule has 10 rings (SSSR count). The van der Waals surface area contributed by atoms with Gasteiger partial charge in [-0.25, -0.2) is 4.99 Å². The lowest BCUT2D eigenvalue weighted by Gasteiger charge is -2.62. The number of hydrogen-bond donors (Lipinski definition) is 10. The molecule has 2 heterocycles. The lowest BCUT2D eigenvalue weighted by Crippen LogP contribution is -2.66. The zero-order chi connectivity index (χ0) is 54.8. The molecule has 77 heavy (non-hydrogen) atoms. The monoisotopic (exact) mass is 1060 g/mol. The number of guanidine groups is 1. The summed E-state index contributed by atoms with van der Waals surface area (Å²) >= 11 is 0. The SMILES string of the molecule is CC(=O)C(CO)NC1=C2C(CCC3(CCNC(N)=NCc4ccccc4)C4C(CC#CC(C5COC(=O)C5c5cc[nH]c5)CC5C6CC(C)CCC6=CCC5C(C)CC(O)C4(C)O)CC23O)C2(C)CC(O)C(O)CC2C1=O. The van der Waals surface area contributed by atoms with Crippen molar-refractivity contribution in [3.05, 3.63) is 82.8 Å². The number of aliphatic imine (C=N–C) groups is 1. The van der Waals surface area contributed by atoms with Gasteiger partial charge < -0.3 is 56.7 Å². The molecule has 0 bridgehead atoms. The minimum Gasteiger partial charge on any atom is -0.465 e. The number of rotatable bonds is 11. The van der Waals surface area contributed by atoms with Gasteiger partial charge in [0.15, 0.2) is 17.5 Å². The molecule has 4 saturated carbocycles. The maximum Gasteiger partial charge on any atom is 0.313 e. The van der Waals surface area contributed by atoms with Crippen LogP contribution in [0.3, 0.4) is 0 Å². The van der Waals surface area contributed by atoms with Gasteiger partial charge in [0, 0.05) is 54.4 Å². The van der Waals surface area contributed by atoms with Crippen molar-refractivity contribution in [2.24, 2.45) is 86.7 Å². The van der Waals surface area contributed by atoms with E-state index in [4.69, 9.17) is 10.5 Å². The van der Waals surface area contributed by atoms with E-state index in [1.54, 1.807) is 6.92 Å². The summed E-state index contributed by atoms with van der Waals surface area (Å²) < 4.78 is 5.94. The third-order valence-corrected chi connectivity index (χ3v) is 21.4. The van der Waals surface area contributed by atoms with Gasteiger partial charge in [-0.1, -0.05) is 68.7 Å². The maximum absolute atomic E-state index is 15.4. The van der Waals surface area contributed by atoms with Crippen LogP contribution in [-0.4, -0.2) is 114 Å². The second-order valence-electron chi connectivity index (χ2n) is 25.8. The molecule has 11 N–H and O–H groups in total. The fraction of sp³-hybridized carbons (Fsp3) is 0.677. The Kier molecular flexibility index (Phi) is 15.6. The fourth-order valence-corrected chi connectivity index (χ4v) is 17.5. The molecule has 5 fully saturated rings. The standard InChI is InChI=1S/C62H85N5O10/c1-34-14-15-38-16-17-42-35(2)25-51(72)60(5,75)56-40(13-9-12-39(26-44(42)43(38)24-34)45-33-77-57(74)52(45)41-19-22-64-31-41)28-62(76)53-46(18-20-61(56,62)21-23-65-58(63)66-30-37-10-7-6-8-11-37)59(4)29-50(71)49(70)27-47(59)55(73)54(53)67-48(32-68)36(3)69/h6-8,10-11,16,19,22,31,34-35,39-40,42-52,56,64,67-68,70-72,75-76H,13-15,17-18,20-21,23-30,32-33H2,1-5H3,(H3,63,65,66). The van der Waals surface area contributed by atoms with Crippen molar-refractivity contribution in [1.82, 2.24) is 15.6 Å². The van der Waals surface area contributed by atoms with Crippen molar-refractivity contribution in [3.8, 4) is 11.8 Å². The number of nitrogens with one attached hydrogen (secondary N) is 3. The zero-order valence-electron chi connectivity index (χ0n) is 45.8. The van der Waals surface area contributed by atoms with Crippen LogP contribution in [0.2, 0.25) is 0 Å². The molecule has 15 heteroatoms. The molecular weight excluding hydrogens is 975 g/mol. The predicted octanol–water partition coefficient (Wildman–Crippen LogP) is 5.59. The number of carbonyl (C=O) groups is 3. The lowest BCUT2D eigenvalue weighted by atomic mass is 9.44. The van der Waals surface area contributed by atoms with Crippen LogP contribution in [0.15, 0.2) is 76.7 Å². The number of esters is 1. The summed E-state index contributed by atoms with van der Waals surface area (Å²) in [5, 5.41) is 81.0. The van der Waals surface area contributed by atoms with Gasteiger partial charge in [0.1, 0.15) is 6.04 Å². The molecule has 20 atom stereocenters. The van der Waals surface area contributed by atoms with Gasteiger partial charge in [-0.2, -0.15) is 0 Å². The smallest absolute Gasteiger partial charge is 0.313 e. The van der Waals surface area contributed by atoms with E-state index in [1.807, 2.05) is 55.7 Å². The first kappa shape index (κ1) is 55.5. The highest BCUT2D eigenvalue weighted by molar-refractivity contribution is 6.00. The number of ether oxygens (including phenoxy) is 1. The van der Waals surface area contributed by atoms with Crippen LogP contribution in [0.5, 0.6) is 0 Å². The van der Waals surface area contributed by atoms with E-state index in [0.717, 1.165) is 43.2 Å². The van der Waals surface area contributed by atoms with Crippen LogP contribution in [0.4, 0.5) is 0 Å². The Morgan fingerprint density at radius 2 is 1.75 bits per heavy atom. The highest BCUT2D eigenvalue weighted by Crippen LogP contribution is 2.72. The van der Waals surface area contributed by atoms with Crippen LogP contribution in [-0.2, 0) is 25.7 Å². The highest BCUT2D eigenvalue weighted by atomic mass is 16.5. The fourth-order valence-electron chi connectivity index (χ4n) is 17.5. The molecule has 0 radical (unpaired) electrons. The highest BCUT2D eigenvalue weighted by Gasteiger charge is 2.74. The topological polar surface area (TPSA) is 260 Å². The Morgan fingerprint density at radius 3 is 2.48 bits per heavy atom. The number of aromatic nitrogens is 1. The summed E-state index contributed by atoms with van der Waals surface area (Å²) in [5.74, 6) is 4.05. The number of fused-ring (bicyclic) bond motifs is 10. The molecule has 8 aliphatic rings. The van der Waals surface area contributed by atoms with Crippen molar-refractivity contribution in [2.45, 2.75) is 166 Å². The molecule has 2 aromatic rings. The van der Waals surface area contributed by atoms with Gasteiger partial charge >= 0.3 is 5.97 Å². The van der Waals surface area contributed by atoms with Crippen LogP contribution < -0.4 is 16.4 Å². The summed E-state index contributed by atoms with van der Waals surface area (Å²) in [6.07, 6.45) is 8.98. The summed E-state index contributed by atoms with van der Waals surface area (Å²) in [7, 11) is 0. The van der Waals surface area contributed by atoms with Crippen LogP contribution in [0.25, 0.3) is 0 Å². The van der Waals surface area contributed by atoms with E-state index in [2.05, 4.69) is 52.4 Å². The van der Waals surface area contributed by atoms with Crippen LogP contribution in [0.1, 0.15) is 135 Å². The van der Waals surface area contributed by atoms with Gasteiger partial charge in [0.2, 0.25) is 0 Å². The summed E-state index contributed by atoms with van der Waals surface area (Å²) in [6, 6.07) is 10.5. The first-order valence-electron chi connectivity index (χ1n) is 28.9. The number of allylic oxidation sites excluding steroid dienone is 3. The number of aliphatic hydroxyl groups excluding tert-OH is 4. The molecule has 15 nitrogen and oxygen atoms in total. The third-order valence-electron chi connectivity index (χ3n) is 21.4. The van der Waals surface area contributed by atoms with Gasteiger partial charge in [0.25, 0.3) is 0 Å². The number of H-pyrrole nitrogens is 1. The Morgan fingerprint density at radius 1 is 0.974 bits per heavy atom. The number of cyclic esters (lactones) is 1. The predicted molar refractivity (Wildman–Crippen MR) is 291 cm³/mol. The maximum atomic E-state index is 15.4. The summed E-state index contributed by atoms with van der Waals surface area (Å²) in [4.78, 5) is 50.2. The minimum absolute atomic E-state index is 0.0210. The van der Waals surface area contributed by atoms with Crippen molar-refractivity contribution < 1.29 is 49.8 Å². The van der Waals surface area contributed by atoms with E-state index in [9.17, 15) is 40.2 Å². The molecule has 1 saturated heterocycles. The normalized spacial score (nSPS) is 42.4. The molecule has 418 valence electrons. The molecule has 1 aromatic carbocycles. The Bertz CT molecular complexity index is 2680. The van der Waals surface area contributed by atoms with Gasteiger partial charge in [-0.05, 0) is 161 Å². The molecule has 1 aliphatic heterocycles. The number of nitrogens with zero attached hydrogens (tertiary/aromatic N) is 1. The number of nitrogens with two attached hydrogens (primary N) is 1. The van der Waals surface area contributed by atoms with Gasteiger partial charge in [-0.3, -0.25) is 14.4 Å². The van der Waals surface area contributed by atoms with Crippen molar-refractivity contribution in [1.29, 1.82) is 0 Å². The average Bonchev–Trinajstić information content (AvgIpc) is 4.33. The lowest BCUT2D eigenvalue weighted by molar-refractivity contribution is -0.190. The Balaban J connectivity index is 1.13. The van der Waals surface area contributed by atoms with Gasteiger partial charge in [-0.15, -0.1) is 5.92 Å². The number of aliphatic hydroxyl groups is 6. The Labute approximate surface area is 454 Å². The first-order chi connectivity index (χ1) is 36.7. The van der Waals surface area contributed by atoms with Crippen molar-refractivity contribution >= 4 is 23.5 Å². The number of hydrogen-bond acceptors (Lipinski definition) is 12. The van der Waals surface area contributed by atoms with E-state index in [0.29, 0.717) is 36.8 Å². The van der Waals surface area contributed by atoms with E-state index >= 15 is 4.79 Å². The molecular formula is C62H85N5O10. The number of aromatic amines is 1. The van der Waals surface area contributed by atoms with Crippen LogP contribution >= 0.6 is 0 Å². The molecule has 0 spiro atoms. The third kappa shape index (κ3) is 9.83. The second kappa shape index (κ2) is 21.7. The minimum atomic E-state index is -1.89. The summed E-state index contributed by atoms with van der Waals surface area (Å²) in [6.45, 7) is 9.70. The second-order valence-corrected chi connectivity index (χ2v) is 25.8. The first-order valence-corrected chi connectivity index (χ1v) is 28.9. The number of benzene rings is 1. The number of Topliss-reactive ketones (excluding diaryl/α,β-unsaturated/α-hetero) is 2. The largest absolute Gasteiger partial charge is 0.465 e. The zero-order valence-corrected chi connectivity index (χ0v) is 45.8. The summed E-state index contributed by atoms with van der Waals surface area (Å²) in [5.41, 5.74) is 4.43. The molecule has 7 aliphatic carbocycles. The van der Waals surface area contributed by atoms with Crippen LogP contribution in [0, 0.1) is 87.8 Å². The van der Waals surface area contributed by atoms with Crippen molar-refractivity contribution in [2.75, 3.05) is 19.8 Å². The van der Waals surface area contributed by atoms with Gasteiger partial charge in [0.05, 0.1) is 60.9 Å². The van der Waals surface area contributed by atoms with E-state index < -0.39 is 94.1 Å². The van der Waals surface area contributed by atoms with E-state index in [1.165, 1.54) is 12.5 Å². The average molecular weight is 1060 g/mol. The molecule has 1 aromatic heterocycles. The molecule has 0 amide bonds. The Hall–Kier alpha value is -4.82. The van der Waals surface area contributed by atoms with E-state index in [-0.39, 0.29) is 98.9 Å². The number of ketones is 2.